The molecule has 0 bridgehead atoms. The van der Waals surface area contributed by atoms with Crippen molar-refractivity contribution in [1.82, 2.24) is 9.97 Å². The van der Waals surface area contributed by atoms with Crippen molar-refractivity contribution in [2.24, 2.45) is 5.92 Å². The minimum Gasteiger partial charge on any atom is -0.459 e. The molecule has 0 unspecified atom stereocenters. The van der Waals surface area contributed by atoms with Gasteiger partial charge in [0.2, 0.25) is 0 Å². The Labute approximate surface area is 195 Å². The molecule has 0 saturated carbocycles. The van der Waals surface area contributed by atoms with E-state index in [4.69, 9.17) is 14.4 Å². The van der Waals surface area contributed by atoms with Crippen LogP contribution in [0, 0.1) is 5.92 Å². The van der Waals surface area contributed by atoms with E-state index in [0.29, 0.717) is 5.92 Å². The maximum Gasteiger partial charge on any atom is 0.152 e. The normalized spacial score (nSPS) is 12.2. The molecule has 166 valence electrons. The lowest BCUT2D eigenvalue weighted by Crippen LogP contribution is -2.12. The van der Waals surface area contributed by atoms with Gasteiger partial charge in [0.25, 0.3) is 0 Å². The Balaban J connectivity index is 1.58. The first-order valence-corrected chi connectivity index (χ1v) is 11.7. The molecule has 0 amide bonds. The van der Waals surface area contributed by atoms with Crippen LogP contribution in [0.4, 0.5) is 0 Å². The van der Waals surface area contributed by atoms with E-state index in [1.54, 1.807) is 0 Å². The fourth-order valence-electron chi connectivity index (χ4n) is 4.47. The number of pyridine rings is 2. The fraction of sp³-hybridized carbons (Fsp3) is 0.267. The van der Waals surface area contributed by atoms with E-state index in [2.05, 4.69) is 83.1 Å². The molecule has 3 nitrogen and oxygen atoms in total. The first-order chi connectivity index (χ1) is 15.8. The van der Waals surface area contributed by atoms with Gasteiger partial charge < -0.3 is 4.42 Å². The zero-order valence-electron chi connectivity index (χ0n) is 20.0. The zero-order valence-corrected chi connectivity index (χ0v) is 20.0. The summed E-state index contributed by atoms with van der Waals surface area (Å²) in [6, 6.07) is 23.4. The SMILES string of the molecule is CC(C)Cc1cc2nc(-c3ccnc(-c4cc(C(C)(C)C)c5ccccc5c4)c3)ccc2o1. The third kappa shape index (κ3) is 4.28. The van der Waals surface area contributed by atoms with Crippen molar-refractivity contribution in [3.8, 4) is 22.5 Å². The summed E-state index contributed by atoms with van der Waals surface area (Å²) in [7, 11) is 0. The van der Waals surface area contributed by atoms with Gasteiger partial charge in [-0.2, -0.15) is 0 Å². The van der Waals surface area contributed by atoms with Crippen LogP contribution in [0.5, 0.6) is 0 Å². The molecule has 5 rings (SSSR count). The van der Waals surface area contributed by atoms with Crippen LogP contribution in [0.15, 0.2) is 77.3 Å². The minimum absolute atomic E-state index is 0.0365. The second-order valence-electron chi connectivity index (χ2n) is 10.3. The van der Waals surface area contributed by atoms with Gasteiger partial charge in [-0.1, -0.05) is 58.9 Å². The summed E-state index contributed by atoms with van der Waals surface area (Å²) in [5.74, 6) is 1.54. The minimum atomic E-state index is 0.0365. The van der Waals surface area contributed by atoms with Crippen molar-refractivity contribution < 1.29 is 4.42 Å². The Morgan fingerprint density at radius 1 is 0.848 bits per heavy atom. The van der Waals surface area contributed by atoms with Crippen molar-refractivity contribution in [3.63, 3.8) is 0 Å². The molecule has 0 spiro atoms. The Morgan fingerprint density at radius 3 is 2.45 bits per heavy atom. The second-order valence-corrected chi connectivity index (χ2v) is 10.3. The molecule has 0 aliphatic heterocycles. The molecule has 2 aromatic carbocycles. The van der Waals surface area contributed by atoms with Crippen molar-refractivity contribution in [2.75, 3.05) is 0 Å². The fourth-order valence-corrected chi connectivity index (χ4v) is 4.47. The van der Waals surface area contributed by atoms with Gasteiger partial charge in [0.1, 0.15) is 11.3 Å². The lowest BCUT2D eigenvalue weighted by molar-refractivity contribution is 0.500. The molecular formula is C30H30N2O. The molecule has 3 aromatic heterocycles. The number of hydrogen-bond acceptors (Lipinski definition) is 3. The molecular weight excluding hydrogens is 404 g/mol. The molecule has 0 N–H and O–H groups in total. The Morgan fingerprint density at radius 2 is 1.67 bits per heavy atom. The lowest BCUT2D eigenvalue weighted by atomic mass is 9.82. The highest BCUT2D eigenvalue weighted by Gasteiger charge is 2.19. The highest BCUT2D eigenvalue weighted by atomic mass is 16.3. The highest BCUT2D eigenvalue weighted by molar-refractivity contribution is 5.91. The Hall–Kier alpha value is -3.46. The van der Waals surface area contributed by atoms with Crippen molar-refractivity contribution in [1.29, 1.82) is 0 Å². The van der Waals surface area contributed by atoms with E-state index in [-0.39, 0.29) is 5.41 Å². The van der Waals surface area contributed by atoms with Crippen LogP contribution < -0.4 is 0 Å². The van der Waals surface area contributed by atoms with Crippen LogP contribution in [0.3, 0.4) is 0 Å². The van der Waals surface area contributed by atoms with Gasteiger partial charge >= 0.3 is 0 Å². The molecule has 0 radical (unpaired) electrons. The topological polar surface area (TPSA) is 38.9 Å². The van der Waals surface area contributed by atoms with E-state index in [0.717, 1.165) is 45.8 Å². The van der Waals surface area contributed by atoms with Gasteiger partial charge in [0.05, 0.1) is 11.4 Å². The predicted octanol–water partition coefficient (Wildman–Crippen LogP) is 8.21. The molecule has 0 fully saturated rings. The lowest BCUT2D eigenvalue weighted by Gasteiger charge is -2.22. The number of rotatable bonds is 4. The Bertz CT molecular complexity index is 1450. The van der Waals surface area contributed by atoms with Gasteiger partial charge in [-0.05, 0) is 64.1 Å². The van der Waals surface area contributed by atoms with Crippen molar-refractivity contribution in [3.05, 3.63) is 84.3 Å². The van der Waals surface area contributed by atoms with Crippen LogP contribution in [-0.4, -0.2) is 9.97 Å². The summed E-state index contributed by atoms with van der Waals surface area (Å²) in [5, 5.41) is 2.54. The maximum atomic E-state index is 5.97. The van der Waals surface area contributed by atoms with Gasteiger partial charge in [-0.15, -0.1) is 0 Å². The standard InChI is InChI=1S/C30H30N2O/c1-19(2)14-23-18-28-29(33-23)11-10-26(32-28)21-12-13-31-27(17-21)22-15-20-8-6-7-9-24(20)25(16-22)30(3,4)5/h6-13,15-19H,14H2,1-5H3. The van der Waals surface area contributed by atoms with Crippen LogP contribution in [0.2, 0.25) is 0 Å². The van der Waals surface area contributed by atoms with Crippen molar-refractivity contribution in [2.45, 2.75) is 46.5 Å². The van der Waals surface area contributed by atoms with E-state index >= 15 is 0 Å². The van der Waals surface area contributed by atoms with Crippen LogP contribution >= 0.6 is 0 Å². The van der Waals surface area contributed by atoms with E-state index in [9.17, 15) is 0 Å². The second kappa shape index (κ2) is 8.15. The van der Waals surface area contributed by atoms with Crippen LogP contribution in [0.25, 0.3) is 44.4 Å². The molecule has 3 heterocycles. The van der Waals surface area contributed by atoms with E-state index in [1.807, 2.05) is 24.4 Å². The average molecular weight is 435 g/mol. The van der Waals surface area contributed by atoms with Crippen molar-refractivity contribution >= 4 is 21.9 Å². The summed E-state index contributed by atoms with van der Waals surface area (Å²) >= 11 is 0. The quantitative estimate of drug-likeness (QED) is 0.286. The third-order valence-corrected chi connectivity index (χ3v) is 6.06. The molecule has 5 aromatic rings. The van der Waals surface area contributed by atoms with Gasteiger partial charge in [0, 0.05) is 29.8 Å². The summed E-state index contributed by atoms with van der Waals surface area (Å²) < 4.78 is 5.97. The maximum absolute atomic E-state index is 5.97. The number of fused-ring (bicyclic) bond motifs is 2. The molecule has 0 aliphatic carbocycles. The zero-order chi connectivity index (χ0) is 23.2. The number of benzene rings is 2. The first-order valence-electron chi connectivity index (χ1n) is 11.7. The van der Waals surface area contributed by atoms with Gasteiger partial charge in [-0.3, -0.25) is 4.98 Å². The monoisotopic (exact) mass is 434 g/mol. The third-order valence-electron chi connectivity index (χ3n) is 6.06. The van der Waals surface area contributed by atoms with Crippen LogP contribution in [0.1, 0.15) is 45.9 Å². The number of aromatic nitrogens is 2. The number of hydrogen-bond donors (Lipinski definition) is 0. The summed E-state index contributed by atoms with van der Waals surface area (Å²) in [5.41, 5.74) is 7.18. The van der Waals surface area contributed by atoms with Crippen LogP contribution in [-0.2, 0) is 11.8 Å². The summed E-state index contributed by atoms with van der Waals surface area (Å²) in [6.45, 7) is 11.2. The molecule has 0 saturated heterocycles. The first kappa shape index (κ1) is 21.4. The predicted molar refractivity (Wildman–Crippen MR) is 137 cm³/mol. The highest BCUT2D eigenvalue weighted by Crippen LogP contribution is 2.35. The van der Waals surface area contributed by atoms with E-state index < -0.39 is 0 Å². The van der Waals surface area contributed by atoms with Gasteiger partial charge in [0.15, 0.2) is 5.58 Å². The summed E-state index contributed by atoms with van der Waals surface area (Å²) in [4.78, 5) is 9.61. The molecule has 0 aliphatic rings. The molecule has 0 atom stereocenters. The molecule has 3 heteroatoms. The number of furan rings is 1. The molecule has 33 heavy (non-hydrogen) atoms. The van der Waals surface area contributed by atoms with Gasteiger partial charge in [-0.25, -0.2) is 4.98 Å². The average Bonchev–Trinajstić information content (AvgIpc) is 3.18. The summed E-state index contributed by atoms with van der Waals surface area (Å²) in [6.07, 6.45) is 2.80. The Kier molecular flexibility index (Phi) is 5.28. The largest absolute Gasteiger partial charge is 0.459 e. The van der Waals surface area contributed by atoms with E-state index in [1.165, 1.54) is 16.3 Å². The number of nitrogens with zero attached hydrogens (tertiary/aromatic N) is 2. The smallest absolute Gasteiger partial charge is 0.152 e.